The minimum Gasteiger partial charge on any atom is -0.481 e. The van der Waals surface area contributed by atoms with Crippen LogP contribution >= 0.6 is 0 Å². The molecule has 0 aliphatic rings. The minimum absolute atomic E-state index is 0.203. The van der Waals surface area contributed by atoms with E-state index >= 15 is 0 Å². The van der Waals surface area contributed by atoms with Crippen LogP contribution in [0, 0.1) is 5.92 Å². The average molecular weight is 339 g/mol. The number of unbranched alkanes of at least 4 members (excludes halogenated alkanes) is 8. The number of carboxylic acid groups (broad SMARTS) is 1. The van der Waals surface area contributed by atoms with Gasteiger partial charge in [0, 0.05) is 12.3 Å². The third-order valence-electron chi connectivity index (χ3n) is 4.59. The van der Waals surface area contributed by atoms with Gasteiger partial charge in [-0.25, -0.2) is 0 Å². The number of carbonyl (C=O) groups is 2. The zero-order valence-electron chi connectivity index (χ0n) is 15.9. The second kappa shape index (κ2) is 16.7. The molecule has 3 heteroatoms. The molecule has 1 atom stereocenters. The molecule has 0 amide bonds. The average Bonchev–Trinajstić information content (AvgIpc) is 2.53. The molecule has 1 N–H and O–H groups in total. The maximum Gasteiger partial charge on any atom is 0.303 e. The van der Waals surface area contributed by atoms with Gasteiger partial charge >= 0.3 is 5.97 Å². The number of hydrogen-bond acceptors (Lipinski definition) is 2. The molecular weight excluding hydrogens is 300 g/mol. The van der Waals surface area contributed by atoms with Crippen LogP contribution in [0.25, 0.3) is 0 Å². The number of carbonyl (C=O) groups excluding carboxylic acids is 1. The Morgan fingerprint density at radius 2 is 1.46 bits per heavy atom. The smallest absolute Gasteiger partial charge is 0.303 e. The van der Waals surface area contributed by atoms with E-state index in [2.05, 4.69) is 19.1 Å². The molecule has 0 aromatic rings. The molecule has 0 aliphatic carbocycles. The van der Waals surface area contributed by atoms with Gasteiger partial charge in [-0.05, 0) is 45.4 Å². The van der Waals surface area contributed by atoms with Gasteiger partial charge in [0.25, 0.3) is 0 Å². The molecule has 0 fully saturated rings. The lowest BCUT2D eigenvalue weighted by atomic mass is 9.92. The van der Waals surface area contributed by atoms with E-state index in [0.29, 0.717) is 5.78 Å². The summed E-state index contributed by atoms with van der Waals surface area (Å²) in [5, 5.41) is 8.58. The zero-order valence-corrected chi connectivity index (χ0v) is 15.9. The van der Waals surface area contributed by atoms with Gasteiger partial charge in [-0.15, -0.1) is 0 Å². The lowest BCUT2D eigenvalue weighted by molar-refractivity contribution is -0.137. The zero-order chi connectivity index (χ0) is 18.0. The first-order valence-electron chi connectivity index (χ1n) is 9.95. The summed E-state index contributed by atoms with van der Waals surface area (Å²) in [6.07, 6.45) is 19.2. The molecule has 0 rings (SSSR count). The lowest BCUT2D eigenvalue weighted by Gasteiger charge is -2.12. The highest BCUT2D eigenvalue weighted by Crippen LogP contribution is 2.18. The Labute approximate surface area is 148 Å². The summed E-state index contributed by atoms with van der Waals surface area (Å²) in [6.45, 7) is 3.94. The molecule has 0 aromatic carbocycles. The third kappa shape index (κ3) is 15.8. The Balaban J connectivity index is 3.65. The number of carboxylic acids is 1. The summed E-state index contributed by atoms with van der Waals surface area (Å²) < 4.78 is 0. The maximum atomic E-state index is 11.7. The summed E-state index contributed by atoms with van der Waals surface area (Å²) in [5.74, 6) is -0.184. The van der Waals surface area contributed by atoms with Crippen molar-refractivity contribution in [1.29, 1.82) is 0 Å². The highest BCUT2D eigenvalue weighted by molar-refractivity contribution is 5.78. The molecule has 0 heterocycles. The van der Waals surface area contributed by atoms with Crippen molar-refractivity contribution in [3.05, 3.63) is 12.2 Å². The summed E-state index contributed by atoms with van der Waals surface area (Å²) in [4.78, 5) is 22.2. The molecule has 0 saturated carbocycles. The van der Waals surface area contributed by atoms with Gasteiger partial charge in [-0.1, -0.05) is 64.0 Å². The molecule has 1 unspecified atom stereocenters. The Kier molecular flexibility index (Phi) is 15.9. The van der Waals surface area contributed by atoms with Crippen LogP contribution in [0.15, 0.2) is 12.2 Å². The van der Waals surface area contributed by atoms with Crippen LogP contribution < -0.4 is 0 Å². The van der Waals surface area contributed by atoms with E-state index < -0.39 is 5.97 Å². The van der Waals surface area contributed by atoms with E-state index in [1.54, 1.807) is 6.92 Å². The molecule has 0 radical (unpaired) electrons. The Bertz CT molecular complexity index is 347. The van der Waals surface area contributed by atoms with Gasteiger partial charge in [0.15, 0.2) is 0 Å². The van der Waals surface area contributed by atoms with Gasteiger partial charge in [0.05, 0.1) is 0 Å². The molecule has 3 nitrogen and oxygen atoms in total. The van der Waals surface area contributed by atoms with E-state index in [1.165, 1.54) is 32.1 Å². The standard InChI is InChI=1S/C21H38O3/c1-3-4-5-6-7-8-10-13-16-20(19(2)22)17-14-11-9-12-15-18-21(23)24/h8,10,20H,3-7,9,11-18H2,1-2H3,(H,23,24). The second-order valence-electron chi connectivity index (χ2n) is 6.91. The summed E-state index contributed by atoms with van der Waals surface area (Å²) in [5.41, 5.74) is 0. The number of hydrogen-bond donors (Lipinski definition) is 1. The predicted molar refractivity (Wildman–Crippen MR) is 101 cm³/mol. The van der Waals surface area contributed by atoms with Crippen LogP contribution in [0.1, 0.15) is 104 Å². The van der Waals surface area contributed by atoms with Gasteiger partial charge in [-0.3, -0.25) is 9.59 Å². The number of Topliss-reactive ketones (excluding diaryl/α,β-unsaturated/α-hetero) is 1. The number of aliphatic carboxylic acids is 1. The van der Waals surface area contributed by atoms with Crippen molar-refractivity contribution < 1.29 is 14.7 Å². The van der Waals surface area contributed by atoms with Crippen molar-refractivity contribution in [2.24, 2.45) is 5.92 Å². The monoisotopic (exact) mass is 338 g/mol. The van der Waals surface area contributed by atoms with E-state index in [9.17, 15) is 9.59 Å². The Morgan fingerprint density at radius 1 is 0.833 bits per heavy atom. The van der Waals surface area contributed by atoms with E-state index in [4.69, 9.17) is 5.11 Å². The Morgan fingerprint density at radius 3 is 2.12 bits per heavy atom. The van der Waals surface area contributed by atoms with E-state index in [-0.39, 0.29) is 12.3 Å². The van der Waals surface area contributed by atoms with Gasteiger partial charge < -0.3 is 5.11 Å². The van der Waals surface area contributed by atoms with Crippen molar-refractivity contribution in [2.75, 3.05) is 0 Å². The molecule has 0 saturated heterocycles. The van der Waals surface area contributed by atoms with Crippen LogP contribution in [0.5, 0.6) is 0 Å². The highest BCUT2D eigenvalue weighted by Gasteiger charge is 2.12. The van der Waals surface area contributed by atoms with Crippen molar-refractivity contribution in [3.63, 3.8) is 0 Å². The molecule has 0 spiro atoms. The van der Waals surface area contributed by atoms with Gasteiger partial charge in [0.2, 0.25) is 0 Å². The van der Waals surface area contributed by atoms with Crippen molar-refractivity contribution in [1.82, 2.24) is 0 Å². The van der Waals surface area contributed by atoms with Crippen LogP contribution in [0.4, 0.5) is 0 Å². The largest absolute Gasteiger partial charge is 0.481 e. The fraction of sp³-hybridized carbons (Fsp3) is 0.810. The normalized spacial score (nSPS) is 12.6. The molecule has 24 heavy (non-hydrogen) atoms. The van der Waals surface area contributed by atoms with Crippen LogP contribution in [-0.4, -0.2) is 16.9 Å². The fourth-order valence-corrected chi connectivity index (χ4v) is 2.97. The highest BCUT2D eigenvalue weighted by atomic mass is 16.4. The van der Waals surface area contributed by atoms with Crippen molar-refractivity contribution >= 4 is 11.8 Å². The van der Waals surface area contributed by atoms with Crippen molar-refractivity contribution in [2.45, 2.75) is 104 Å². The first kappa shape index (κ1) is 22.9. The number of ketones is 1. The maximum absolute atomic E-state index is 11.7. The predicted octanol–water partition coefficient (Wildman–Crippen LogP) is 6.31. The van der Waals surface area contributed by atoms with Crippen LogP contribution in [-0.2, 0) is 9.59 Å². The number of rotatable bonds is 17. The van der Waals surface area contributed by atoms with Gasteiger partial charge in [0.1, 0.15) is 5.78 Å². The van der Waals surface area contributed by atoms with Gasteiger partial charge in [-0.2, -0.15) is 0 Å². The van der Waals surface area contributed by atoms with E-state index in [1.807, 2.05) is 0 Å². The first-order valence-corrected chi connectivity index (χ1v) is 9.95. The molecular formula is C21H38O3. The quantitative estimate of drug-likeness (QED) is 0.249. The van der Waals surface area contributed by atoms with E-state index in [0.717, 1.165) is 51.4 Å². The minimum atomic E-state index is -0.704. The summed E-state index contributed by atoms with van der Waals surface area (Å²) in [7, 11) is 0. The third-order valence-corrected chi connectivity index (χ3v) is 4.59. The van der Waals surface area contributed by atoms with Crippen LogP contribution in [0.3, 0.4) is 0 Å². The van der Waals surface area contributed by atoms with Crippen molar-refractivity contribution in [3.8, 4) is 0 Å². The molecule has 0 aliphatic heterocycles. The summed E-state index contributed by atoms with van der Waals surface area (Å²) in [6, 6.07) is 0. The summed E-state index contributed by atoms with van der Waals surface area (Å²) >= 11 is 0. The van der Waals surface area contributed by atoms with Crippen LogP contribution in [0.2, 0.25) is 0 Å². The lowest BCUT2D eigenvalue weighted by Crippen LogP contribution is -2.10. The molecule has 140 valence electrons. The molecule has 0 aromatic heterocycles. The topological polar surface area (TPSA) is 54.4 Å². The number of allylic oxidation sites excluding steroid dienone is 2. The first-order chi connectivity index (χ1) is 11.6. The SMILES string of the molecule is CCCCCCC=CCCC(CCCCCCCC(=O)O)C(C)=O. The molecule has 0 bridgehead atoms. The Hall–Kier alpha value is -1.12. The second-order valence-corrected chi connectivity index (χ2v) is 6.91. The fourth-order valence-electron chi connectivity index (χ4n) is 2.97.